The zero-order valence-corrected chi connectivity index (χ0v) is 12.7. The van der Waals surface area contributed by atoms with E-state index in [1.54, 1.807) is 43.5 Å². The molecule has 5 nitrogen and oxygen atoms in total. The average Bonchev–Trinajstić information content (AvgIpc) is 2.53. The number of ether oxygens (including phenoxy) is 1. The number of carboxylic acid groups (broad SMARTS) is 1. The van der Waals surface area contributed by atoms with Crippen LogP contribution in [0, 0.1) is 0 Å². The third-order valence-corrected chi connectivity index (χ3v) is 3.35. The highest BCUT2D eigenvalue weighted by Gasteiger charge is 2.19. The van der Waals surface area contributed by atoms with Crippen LogP contribution >= 0.6 is 0 Å². The van der Waals surface area contributed by atoms with Gasteiger partial charge in [0.05, 0.1) is 12.7 Å². The van der Waals surface area contributed by atoms with Crippen molar-refractivity contribution in [2.24, 2.45) is 0 Å². The largest absolute Gasteiger partial charge is 0.497 e. The SMILES string of the molecule is COc1ccc(C(=O)c2cc(N(C)C)ccc2C(=O)O)cc1. The maximum Gasteiger partial charge on any atom is 0.336 e. The lowest BCUT2D eigenvalue weighted by Gasteiger charge is -2.15. The topological polar surface area (TPSA) is 66.8 Å². The Hall–Kier alpha value is -2.82. The summed E-state index contributed by atoms with van der Waals surface area (Å²) in [7, 11) is 5.20. The number of carbonyl (C=O) groups is 2. The number of aromatic carboxylic acids is 1. The van der Waals surface area contributed by atoms with Crippen LogP contribution in [0.15, 0.2) is 42.5 Å². The maximum absolute atomic E-state index is 12.6. The Kier molecular flexibility index (Phi) is 4.46. The number of methoxy groups -OCH3 is 1. The molecule has 0 aliphatic rings. The molecule has 0 amide bonds. The van der Waals surface area contributed by atoms with Gasteiger partial charge in [-0.05, 0) is 42.5 Å². The van der Waals surface area contributed by atoms with Crippen molar-refractivity contribution in [2.75, 3.05) is 26.1 Å². The number of hydrogen-bond acceptors (Lipinski definition) is 4. The first-order valence-corrected chi connectivity index (χ1v) is 6.67. The smallest absolute Gasteiger partial charge is 0.336 e. The Bertz CT molecular complexity index is 705. The van der Waals surface area contributed by atoms with Crippen molar-refractivity contribution in [3.05, 3.63) is 59.2 Å². The Balaban J connectivity index is 2.50. The summed E-state index contributed by atoms with van der Waals surface area (Å²) in [5.41, 5.74) is 1.34. The molecule has 2 aromatic rings. The number of carbonyl (C=O) groups excluding carboxylic acids is 1. The number of ketones is 1. The molecular weight excluding hydrogens is 282 g/mol. The van der Waals surface area contributed by atoms with Crippen molar-refractivity contribution in [3.8, 4) is 5.75 Å². The van der Waals surface area contributed by atoms with Gasteiger partial charge in [0.2, 0.25) is 0 Å². The number of hydrogen-bond donors (Lipinski definition) is 1. The first kappa shape index (κ1) is 15.6. The van der Waals surface area contributed by atoms with Crippen LogP contribution in [0.5, 0.6) is 5.75 Å². The second kappa shape index (κ2) is 6.30. The molecule has 2 aromatic carbocycles. The summed E-state index contributed by atoms with van der Waals surface area (Å²) in [6, 6.07) is 11.3. The molecule has 0 radical (unpaired) electrons. The van der Waals surface area contributed by atoms with Gasteiger partial charge in [0.15, 0.2) is 5.78 Å². The lowest BCUT2D eigenvalue weighted by Crippen LogP contribution is -2.14. The molecule has 0 saturated heterocycles. The van der Waals surface area contributed by atoms with E-state index in [9.17, 15) is 14.7 Å². The Morgan fingerprint density at radius 1 is 1.00 bits per heavy atom. The van der Waals surface area contributed by atoms with Crippen LogP contribution in [0.25, 0.3) is 0 Å². The van der Waals surface area contributed by atoms with E-state index in [-0.39, 0.29) is 16.9 Å². The first-order valence-electron chi connectivity index (χ1n) is 6.67. The van der Waals surface area contributed by atoms with Crippen molar-refractivity contribution >= 4 is 17.4 Å². The molecule has 0 atom stereocenters. The van der Waals surface area contributed by atoms with Gasteiger partial charge in [-0.2, -0.15) is 0 Å². The third kappa shape index (κ3) is 3.09. The average molecular weight is 299 g/mol. The molecule has 5 heteroatoms. The van der Waals surface area contributed by atoms with Crippen LogP contribution in [0.2, 0.25) is 0 Å². The van der Waals surface area contributed by atoms with Gasteiger partial charge < -0.3 is 14.7 Å². The molecule has 2 rings (SSSR count). The molecule has 0 aromatic heterocycles. The molecule has 0 unspecified atom stereocenters. The summed E-state index contributed by atoms with van der Waals surface area (Å²) in [5.74, 6) is -0.817. The molecule has 22 heavy (non-hydrogen) atoms. The number of anilines is 1. The van der Waals surface area contributed by atoms with Gasteiger partial charge >= 0.3 is 5.97 Å². The van der Waals surface area contributed by atoms with Gasteiger partial charge in [-0.25, -0.2) is 4.79 Å². The van der Waals surface area contributed by atoms with E-state index in [2.05, 4.69) is 0 Å². The van der Waals surface area contributed by atoms with E-state index in [0.717, 1.165) is 5.69 Å². The van der Waals surface area contributed by atoms with Crippen LogP contribution in [-0.2, 0) is 0 Å². The van der Waals surface area contributed by atoms with Crippen LogP contribution in [0.1, 0.15) is 26.3 Å². The van der Waals surface area contributed by atoms with Gasteiger partial charge in [0.25, 0.3) is 0 Å². The Morgan fingerprint density at radius 2 is 1.64 bits per heavy atom. The lowest BCUT2D eigenvalue weighted by atomic mass is 9.97. The third-order valence-electron chi connectivity index (χ3n) is 3.35. The minimum absolute atomic E-state index is 0.00795. The minimum atomic E-state index is -1.12. The number of rotatable bonds is 5. The highest BCUT2D eigenvalue weighted by molar-refractivity contribution is 6.14. The molecule has 0 fully saturated rings. The van der Waals surface area contributed by atoms with Crippen molar-refractivity contribution in [1.29, 1.82) is 0 Å². The summed E-state index contributed by atoms with van der Waals surface area (Å²) >= 11 is 0. The molecule has 114 valence electrons. The monoisotopic (exact) mass is 299 g/mol. The van der Waals surface area contributed by atoms with Crippen LogP contribution in [0.4, 0.5) is 5.69 Å². The van der Waals surface area contributed by atoms with Crippen LogP contribution in [0.3, 0.4) is 0 Å². The molecule has 1 N–H and O–H groups in total. The lowest BCUT2D eigenvalue weighted by molar-refractivity contribution is 0.0693. The normalized spacial score (nSPS) is 10.1. The molecule has 0 bridgehead atoms. The molecule has 0 heterocycles. The number of carboxylic acids is 1. The van der Waals surface area contributed by atoms with E-state index in [1.165, 1.54) is 6.07 Å². The summed E-state index contributed by atoms with van der Waals surface area (Å²) in [6.45, 7) is 0. The van der Waals surface area contributed by atoms with E-state index in [1.807, 2.05) is 19.0 Å². The van der Waals surface area contributed by atoms with Gasteiger partial charge in [-0.1, -0.05) is 0 Å². The van der Waals surface area contributed by atoms with Crippen molar-refractivity contribution in [2.45, 2.75) is 0 Å². The van der Waals surface area contributed by atoms with Crippen LogP contribution < -0.4 is 9.64 Å². The highest BCUT2D eigenvalue weighted by Crippen LogP contribution is 2.22. The number of nitrogens with zero attached hydrogens (tertiary/aromatic N) is 1. The molecule has 0 aliphatic carbocycles. The molecule has 0 spiro atoms. The second-order valence-corrected chi connectivity index (χ2v) is 4.99. The predicted molar refractivity (Wildman–Crippen MR) is 84.2 cm³/mol. The first-order chi connectivity index (χ1) is 10.4. The van der Waals surface area contributed by atoms with Gasteiger partial charge in [0.1, 0.15) is 5.75 Å². The molecule has 0 aliphatic heterocycles. The highest BCUT2D eigenvalue weighted by atomic mass is 16.5. The Labute approximate surface area is 128 Å². The Morgan fingerprint density at radius 3 is 2.14 bits per heavy atom. The van der Waals surface area contributed by atoms with Gasteiger partial charge in [-0.3, -0.25) is 4.79 Å². The predicted octanol–water partition coefficient (Wildman–Crippen LogP) is 2.69. The van der Waals surface area contributed by atoms with Gasteiger partial charge in [0, 0.05) is 30.9 Å². The summed E-state index contributed by atoms with van der Waals surface area (Å²) in [4.78, 5) is 25.8. The molecular formula is C17H17NO4. The zero-order valence-electron chi connectivity index (χ0n) is 12.7. The summed E-state index contributed by atoms with van der Waals surface area (Å²) in [5, 5.41) is 9.29. The van der Waals surface area contributed by atoms with E-state index < -0.39 is 5.97 Å². The molecule has 0 saturated carbocycles. The van der Waals surface area contributed by atoms with E-state index in [4.69, 9.17) is 4.74 Å². The maximum atomic E-state index is 12.6. The fraction of sp³-hybridized carbons (Fsp3) is 0.176. The van der Waals surface area contributed by atoms with Crippen LogP contribution in [-0.4, -0.2) is 38.1 Å². The summed E-state index contributed by atoms with van der Waals surface area (Å²) < 4.78 is 5.06. The van der Waals surface area contributed by atoms with Crippen molar-refractivity contribution in [1.82, 2.24) is 0 Å². The summed E-state index contributed by atoms with van der Waals surface area (Å²) in [6.07, 6.45) is 0. The van der Waals surface area contributed by atoms with E-state index in [0.29, 0.717) is 11.3 Å². The standard InChI is InChI=1S/C17H17NO4/c1-18(2)12-6-9-14(17(20)21)15(10-12)16(19)11-4-7-13(22-3)8-5-11/h4-10H,1-3H3,(H,20,21). The quantitative estimate of drug-likeness (QED) is 0.860. The van der Waals surface area contributed by atoms with Crippen molar-refractivity contribution in [3.63, 3.8) is 0 Å². The van der Waals surface area contributed by atoms with E-state index >= 15 is 0 Å². The minimum Gasteiger partial charge on any atom is -0.497 e. The zero-order chi connectivity index (χ0) is 16.3. The fourth-order valence-electron chi connectivity index (χ4n) is 2.08. The fourth-order valence-corrected chi connectivity index (χ4v) is 2.08. The second-order valence-electron chi connectivity index (χ2n) is 4.99. The number of benzene rings is 2. The van der Waals surface area contributed by atoms with Gasteiger partial charge in [-0.15, -0.1) is 0 Å². The van der Waals surface area contributed by atoms with Crippen molar-refractivity contribution < 1.29 is 19.4 Å².